The Morgan fingerprint density at radius 2 is 2.14 bits per heavy atom. The van der Waals surface area contributed by atoms with Crippen LogP contribution in [0.1, 0.15) is 55.5 Å². The van der Waals surface area contributed by atoms with Crippen LogP contribution in [-0.4, -0.2) is 22.2 Å². The number of carbonyl (C=O) groups is 1. The van der Waals surface area contributed by atoms with Gasteiger partial charge in [0.1, 0.15) is 0 Å². The third kappa shape index (κ3) is 4.45. The van der Waals surface area contributed by atoms with Crippen LogP contribution in [-0.2, 0) is 18.3 Å². The van der Waals surface area contributed by atoms with E-state index < -0.39 is 0 Å². The first-order valence-electron chi connectivity index (χ1n) is 8.01. The third-order valence-corrected chi connectivity index (χ3v) is 4.41. The predicted molar refractivity (Wildman–Crippen MR) is 85.2 cm³/mol. The molecule has 1 N–H and O–H groups in total. The number of nitrogens with zero attached hydrogens (tertiary/aromatic N) is 2. The molecule has 116 valence electrons. The summed E-state index contributed by atoms with van der Waals surface area (Å²) in [5, 5.41) is 7.43. The van der Waals surface area contributed by atoms with Gasteiger partial charge in [-0.25, -0.2) is 0 Å². The van der Waals surface area contributed by atoms with Crippen LogP contribution in [0.15, 0.2) is 11.6 Å². The highest BCUT2D eigenvalue weighted by atomic mass is 16.1. The molecule has 0 radical (unpaired) electrons. The molecule has 0 fully saturated rings. The van der Waals surface area contributed by atoms with E-state index in [-0.39, 0.29) is 5.91 Å². The smallest absolute Gasteiger partial charge is 0.220 e. The van der Waals surface area contributed by atoms with Crippen LogP contribution < -0.4 is 5.32 Å². The van der Waals surface area contributed by atoms with Gasteiger partial charge in [-0.15, -0.1) is 0 Å². The number of aryl methyl sites for hydroxylation is 2. The van der Waals surface area contributed by atoms with Crippen LogP contribution in [0, 0.1) is 13.8 Å². The molecule has 1 aliphatic rings. The van der Waals surface area contributed by atoms with Gasteiger partial charge >= 0.3 is 0 Å². The van der Waals surface area contributed by atoms with Crippen molar-refractivity contribution in [2.75, 3.05) is 6.54 Å². The van der Waals surface area contributed by atoms with Crippen LogP contribution in [0.5, 0.6) is 0 Å². The molecule has 1 heterocycles. The number of amides is 1. The summed E-state index contributed by atoms with van der Waals surface area (Å²) in [4.78, 5) is 11.9. The summed E-state index contributed by atoms with van der Waals surface area (Å²) in [7, 11) is 1.95. The lowest BCUT2D eigenvalue weighted by Crippen LogP contribution is -2.25. The number of hydrogen-bond acceptors (Lipinski definition) is 2. The number of nitrogens with one attached hydrogen (secondary N) is 1. The number of allylic oxidation sites excluding steroid dienone is 1. The van der Waals surface area contributed by atoms with E-state index in [2.05, 4.69) is 23.4 Å². The zero-order chi connectivity index (χ0) is 15.2. The topological polar surface area (TPSA) is 46.9 Å². The van der Waals surface area contributed by atoms with E-state index in [4.69, 9.17) is 0 Å². The van der Waals surface area contributed by atoms with Gasteiger partial charge in [0.15, 0.2) is 0 Å². The van der Waals surface area contributed by atoms with Crippen molar-refractivity contribution in [1.82, 2.24) is 15.1 Å². The monoisotopic (exact) mass is 289 g/mol. The predicted octanol–water partition coefficient (Wildman–Crippen LogP) is 2.98. The minimum atomic E-state index is 0.147. The fraction of sp³-hybridized carbons (Fsp3) is 0.647. The molecule has 1 aromatic heterocycles. The van der Waals surface area contributed by atoms with Crippen molar-refractivity contribution in [2.45, 2.75) is 58.8 Å². The molecule has 0 aromatic carbocycles. The minimum Gasteiger partial charge on any atom is -0.356 e. The van der Waals surface area contributed by atoms with Crippen LogP contribution in [0.4, 0.5) is 0 Å². The first-order chi connectivity index (χ1) is 10.1. The zero-order valence-electron chi connectivity index (χ0n) is 13.5. The van der Waals surface area contributed by atoms with Crippen molar-refractivity contribution in [2.24, 2.45) is 7.05 Å². The maximum Gasteiger partial charge on any atom is 0.220 e. The first kappa shape index (κ1) is 15.8. The van der Waals surface area contributed by atoms with Crippen molar-refractivity contribution in [3.8, 4) is 0 Å². The van der Waals surface area contributed by atoms with E-state index in [1.54, 1.807) is 0 Å². The lowest BCUT2D eigenvalue weighted by atomic mass is 9.97. The summed E-state index contributed by atoms with van der Waals surface area (Å²) < 4.78 is 1.89. The number of aromatic nitrogens is 2. The molecule has 0 aliphatic heterocycles. The summed E-state index contributed by atoms with van der Waals surface area (Å²) in [6, 6.07) is 0. The van der Waals surface area contributed by atoms with Crippen LogP contribution >= 0.6 is 0 Å². The molecule has 2 rings (SSSR count). The highest BCUT2D eigenvalue weighted by Crippen LogP contribution is 2.19. The van der Waals surface area contributed by atoms with Crippen LogP contribution in [0.2, 0.25) is 0 Å². The summed E-state index contributed by atoms with van der Waals surface area (Å²) in [6.07, 6.45) is 9.73. The van der Waals surface area contributed by atoms with Gasteiger partial charge in [0.25, 0.3) is 0 Å². The first-order valence-corrected chi connectivity index (χ1v) is 8.01. The molecule has 4 heteroatoms. The highest BCUT2D eigenvalue weighted by Gasteiger charge is 2.11. The second kappa shape index (κ2) is 7.43. The summed E-state index contributed by atoms with van der Waals surface area (Å²) in [5.74, 6) is 0.147. The molecule has 0 unspecified atom stereocenters. The Labute approximate surface area is 127 Å². The number of hydrogen-bond donors (Lipinski definition) is 1. The summed E-state index contributed by atoms with van der Waals surface area (Å²) >= 11 is 0. The lowest BCUT2D eigenvalue weighted by Gasteiger charge is -2.13. The lowest BCUT2D eigenvalue weighted by molar-refractivity contribution is -0.121. The SMILES string of the molecule is Cc1nn(C)c(C)c1CCC(=O)NCCC1=CCCCC1. The van der Waals surface area contributed by atoms with Gasteiger partial charge < -0.3 is 5.32 Å². The molecule has 0 spiro atoms. The molecule has 0 saturated carbocycles. The van der Waals surface area contributed by atoms with Gasteiger partial charge in [-0.3, -0.25) is 9.48 Å². The maximum absolute atomic E-state index is 11.9. The second-order valence-electron chi connectivity index (χ2n) is 5.98. The van der Waals surface area contributed by atoms with Gasteiger partial charge in [0.2, 0.25) is 5.91 Å². The molecule has 1 aliphatic carbocycles. The Balaban J connectivity index is 1.71. The molecular weight excluding hydrogens is 262 g/mol. The van der Waals surface area contributed by atoms with Crippen molar-refractivity contribution < 1.29 is 4.79 Å². The van der Waals surface area contributed by atoms with E-state index in [1.165, 1.54) is 36.8 Å². The summed E-state index contributed by atoms with van der Waals surface area (Å²) in [5.41, 5.74) is 4.92. The van der Waals surface area contributed by atoms with Crippen molar-refractivity contribution in [1.29, 1.82) is 0 Å². The van der Waals surface area contributed by atoms with Gasteiger partial charge in [-0.1, -0.05) is 11.6 Å². The van der Waals surface area contributed by atoms with E-state index in [0.717, 1.165) is 30.8 Å². The molecule has 1 aromatic rings. The number of rotatable bonds is 6. The Kier molecular flexibility index (Phi) is 5.59. The Morgan fingerprint density at radius 3 is 2.76 bits per heavy atom. The van der Waals surface area contributed by atoms with E-state index in [0.29, 0.717) is 6.42 Å². The molecule has 21 heavy (non-hydrogen) atoms. The number of carbonyl (C=O) groups excluding carboxylic acids is 1. The normalized spacial score (nSPS) is 14.9. The van der Waals surface area contributed by atoms with Gasteiger partial charge in [-0.05, 0) is 57.9 Å². The van der Waals surface area contributed by atoms with E-state index in [1.807, 2.05) is 18.7 Å². The fourth-order valence-electron chi connectivity index (χ4n) is 3.00. The standard InChI is InChI=1S/C17H27N3O/c1-13-16(14(2)20(3)19-13)9-10-17(21)18-12-11-15-7-5-4-6-8-15/h7H,4-6,8-12H2,1-3H3,(H,18,21). The Bertz CT molecular complexity index is 528. The van der Waals surface area contributed by atoms with E-state index >= 15 is 0 Å². The molecule has 0 saturated heterocycles. The Hall–Kier alpha value is -1.58. The molecule has 0 atom stereocenters. The average Bonchev–Trinajstić information content (AvgIpc) is 2.71. The van der Waals surface area contributed by atoms with Crippen molar-refractivity contribution in [3.05, 3.63) is 28.6 Å². The van der Waals surface area contributed by atoms with E-state index in [9.17, 15) is 4.79 Å². The third-order valence-electron chi connectivity index (χ3n) is 4.41. The highest BCUT2D eigenvalue weighted by molar-refractivity contribution is 5.76. The van der Waals surface area contributed by atoms with Crippen LogP contribution in [0.25, 0.3) is 0 Å². The van der Waals surface area contributed by atoms with Crippen LogP contribution in [0.3, 0.4) is 0 Å². The fourth-order valence-corrected chi connectivity index (χ4v) is 3.00. The van der Waals surface area contributed by atoms with Gasteiger partial charge in [0, 0.05) is 25.7 Å². The zero-order valence-corrected chi connectivity index (χ0v) is 13.5. The average molecular weight is 289 g/mol. The molecule has 1 amide bonds. The quantitative estimate of drug-likeness (QED) is 0.818. The molecule has 0 bridgehead atoms. The largest absolute Gasteiger partial charge is 0.356 e. The van der Waals surface area contributed by atoms with Crippen molar-refractivity contribution >= 4 is 5.91 Å². The molecule has 4 nitrogen and oxygen atoms in total. The second-order valence-corrected chi connectivity index (χ2v) is 5.98. The van der Waals surface area contributed by atoms with Gasteiger partial charge in [-0.2, -0.15) is 5.10 Å². The minimum absolute atomic E-state index is 0.147. The molecular formula is C17H27N3O. The van der Waals surface area contributed by atoms with Gasteiger partial charge in [0.05, 0.1) is 5.69 Å². The van der Waals surface area contributed by atoms with Crippen molar-refractivity contribution in [3.63, 3.8) is 0 Å². The Morgan fingerprint density at radius 1 is 1.33 bits per heavy atom. The maximum atomic E-state index is 11.9. The summed E-state index contributed by atoms with van der Waals surface area (Å²) in [6.45, 7) is 4.84.